The zero-order valence-electron chi connectivity index (χ0n) is 10.7. The summed E-state index contributed by atoms with van der Waals surface area (Å²) in [5, 5.41) is 11.9. The molecule has 100 valence electrons. The Morgan fingerprint density at radius 1 is 0.895 bits per heavy atom. The fourth-order valence-corrected chi connectivity index (χ4v) is 2.03. The lowest BCUT2D eigenvalue weighted by atomic mass is 9.98. The average Bonchev–Trinajstić information content (AvgIpc) is 2.49. The van der Waals surface area contributed by atoms with Gasteiger partial charge in [0.2, 0.25) is 0 Å². The maximum Gasteiger partial charge on any atom is 0.135 e. The van der Waals surface area contributed by atoms with Crippen LogP contribution in [0.4, 0.5) is 4.39 Å². The van der Waals surface area contributed by atoms with Crippen LogP contribution in [0.1, 0.15) is 17.2 Å². The molecule has 0 radical (unpaired) electrons. The van der Waals surface area contributed by atoms with Gasteiger partial charge in [-0.25, -0.2) is 4.39 Å². The first-order valence-electron chi connectivity index (χ1n) is 6.39. The van der Waals surface area contributed by atoms with Crippen LogP contribution in [0.2, 0.25) is 0 Å². The second kappa shape index (κ2) is 7.02. The molecule has 1 atom stereocenters. The maximum atomic E-state index is 13.2. The quantitative estimate of drug-likeness (QED) is 0.836. The van der Waals surface area contributed by atoms with E-state index in [9.17, 15) is 4.39 Å². The summed E-state index contributed by atoms with van der Waals surface area (Å²) < 4.78 is 13.2. The number of hydrogen-bond acceptors (Lipinski definition) is 2. The monoisotopic (exact) mass is 259 g/mol. The first kappa shape index (κ1) is 13.7. The van der Waals surface area contributed by atoms with Gasteiger partial charge in [-0.15, -0.1) is 0 Å². The van der Waals surface area contributed by atoms with Crippen molar-refractivity contribution in [2.24, 2.45) is 0 Å². The standard InChI is InChI=1S/C16H18FNO/c17-15(12-19)11-18-16(13-7-3-1-4-8-13)14-9-5-2-6-10-14/h1-10,15-16,18-19H,11-12H2. The molecule has 3 heteroatoms. The zero-order chi connectivity index (χ0) is 13.5. The molecular weight excluding hydrogens is 241 g/mol. The highest BCUT2D eigenvalue weighted by atomic mass is 19.1. The normalized spacial score (nSPS) is 12.6. The Balaban J connectivity index is 2.19. The molecule has 2 N–H and O–H groups in total. The van der Waals surface area contributed by atoms with Crippen molar-refractivity contribution in [2.45, 2.75) is 12.2 Å². The average molecular weight is 259 g/mol. The van der Waals surface area contributed by atoms with Gasteiger partial charge in [0.15, 0.2) is 0 Å². The fourth-order valence-electron chi connectivity index (χ4n) is 2.03. The Morgan fingerprint density at radius 2 is 1.37 bits per heavy atom. The smallest absolute Gasteiger partial charge is 0.135 e. The highest BCUT2D eigenvalue weighted by Gasteiger charge is 2.15. The Hall–Kier alpha value is -1.71. The molecule has 0 aromatic heterocycles. The summed E-state index contributed by atoms with van der Waals surface area (Å²) in [5.74, 6) is 0. The molecule has 0 saturated carbocycles. The molecule has 19 heavy (non-hydrogen) atoms. The number of benzene rings is 2. The van der Waals surface area contributed by atoms with Crippen LogP contribution in [0, 0.1) is 0 Å². The number of halogens is 1. The van der Waals surface area contributed by atoms with Crippen LogP contribution in [0.15, 0.2) is 60.7 Å². The summed E-state index contributed by atoms with van der Waals surface area (Å²) in [5.41, 5.74) is 2.16. The van der Waals surface area contributed by atoms with Crippen molar-refractivity contribution >= 4 is 0 Å². The molecule has 0 heterocycles. The van der Waals surface area contributed by atoms with E-state index in [2.05, 4.69) is 5.32 Å². The van der Waals surface area contributed by atoms with Crippen LogP contribution >= 0.6 is 0 Å². The molecule has 2 aromatic carbocycles. The molecular formula is C16H18FNO. The zero-order valence-corrected chi connectivity index (χ0v) is 10.7. The first-order chi connectivity index (χ1) is 9.31. The highest BCUT2D eigenvalue weighted by Crippen LogP contribution is 2.21. The second-order valence-corrected chi connectivity index (χ2v) is 4.44. The van der Waals surface area contributed by atoms with Gasteiger partial charge in [-0.05, 0) is 11.1 Å². The van der Waals surface area contributed by atoms with Crippen LogP contribution in [0.5, 0.6) is 0 Å². The van der Waals surface area contributed by atoms with E-state index in [0.29, 0.717) is 0 Å². The summed E-state index contributed by atoms with van der Waals surface area (Å²) in [6, 6.07) is 19.7. The van der Waals surface area contributed by atoms with E-state index >= 15 is 0 Å². The number of aliphatic hydroxyl groups is 1. The topological polar surface area (TPSA) is 32.3 Å². The number of nitrogens with one attached hydrogen (secondary N) is 1. The van der Waals surface area contributed by atoms with Crippen molar-refractivity contribution < 1.29 is 9.50 Å². The molecule has 0 saturated heterocycles. The van der Waals surface area contributed by atoms with Crippen LogP contribution in [0.25, 0.3) is 0 Å². The van der Waals surface area contributed by atoms with Crippen LogP contribution in [0.3, 0.4) is 0 Å². The van der Waals surface area contributed by atoms with Crippen molar-refractivity contribution in [3.05, 3.63) is 71.8 Å². The van der Waals surface area contributed by atoms with Crippen LogP contribution in [-0.2, 0) is 0 Å². The number of rotatable bonds is 6. The second-order valence-electron chi connectivity index (χ2n) is 4.44. The predicted octanol–water partition coefficient (Wildman–Crippen LogP) is 2.70. The van der Waals surface area contributed by atoms with Gasteiger partial charge in [-0.3, -0.25) is 0 Å². The van der Waals surface area contributed by atoms with E-state index in [0.717, 1.165) is 11.1 Å². The number of alkyl halides is 1. The van der Waals surface area contributed by atoms with Gasteiger partial charge in [0, 0.05) is 6.54 Å². The van der Waals surface area contributed by atoms with Gasteiger partial charge >= 0.3 is 0 Å². The summed E-state index contributed by atoms with van der Waals surface area (Å²) >= 11 is 0. The lowest BCUT2D eigenvalue weighted by molar-refractivity contribution is 0.173. The third kappa shape index (κ3) is 3.88. The van der Waals surface area contributed by atoms with E-state index in [4.69, 9.17) is 5.11 Å². The maximum absolute atomic E-state index is 13.2. The molecule has 0 aliphatic heterocycles. The minimum Gasteiger partial charge on any atom is -0.393 e. The largest absolute Gasteiger partial charge is 0.393 e. The molecule has 2 rings (SSSR count). The highest BCUT2D eigenvalue weighted by molar-refractivity contribution is 5.31. The van der Waals surface area contributed by atoms with Crippen molar-refractivity contribution in [3.63, 3.8) is 0 Å². The summed E-state index contributed by atoms with van der Waals surface area (Å²) in [7, 11) is 0. The molecule has 2 nitrogen and oxygen atoms in total. The molecule has 0 aliphatic carbocycles. The van der Waals surface area contributed by atoms with Gasteiger partial charge in [-0.2, -0.15) is 0 Å². The molecule has 0 bridgehead atoms. The molecule has 0 aliphatic rings. The van der Waals surface area contributed by atoms with Gasteiger partial charge in [0.25, 0.3) is 0 Å². The van der Waals surface area contributed by atoms with E-state index < -0.39 is 12.8 Å². The van der Waals surface area contributed by atoms with Gasteiger partial charge in [0.1, 0.15) is 6.17 Å². The van der Waals surface area contributed by atoms with Crippen molar-refractivity contribution in [1.29, 1.82) is 0 Å². The predicted molar refractivity (Wildman–Crippen MR) is 74.7 cm³/mol. The van der Waals surface area contributed by atoms with E-state index in [1.165, 1.54) is 0 Å². The summed E-state index contributed by atoms with van der Waals surface area (Å²) in [4.78, 5) is 0. The lowest BCUT2D eigenvalue weighted by Crippen LogP contribution is -2.30. The minimum atomic E-state index is -1.24. The third-order valence-corrected chi connectivity index (χ3v) is 3.01. The third-order valence-electron chi connectivity index (χ3n) is 3.01. The fraction of sp³-hybridized carbons (Fsp3) is 0.250. The first-order valence-corrected chi connectivity index (χ1v) is 6.39. The Labute approximate surface area is 112 Å². The lowest BCUT2D eigenvalue weighted by Gasteiger charge is -2.20. The Kier molecular flexibility index (Phi) is 5.07. The Bertz CT molecular complexity index is 435. The molecule has 0 spiro atoms. The van der Waals surface area contributed by atoms with E-state index in [1.807, 2.05) is 60.7 Å². The van der Waals surface area contributed by atoms with E-state index in [1.54, 1.807) is 0 Å². The minimum absolute atomic E-state index is 0.0628. The summed E-state index contributed by atoms with van der Waals surface area (Å²) in [6.07, 6.45) is -1.24. The van der Waals surface area contributed by atoms with Gasteiger partial charge < -0.3 is 10.4 Å². The number of hydrogen-bond donors (Lipinski definition) is 2. The van der Waals surface area contributed by atoms with E-state index in [-0.39, 0.29) is 12.6 Å². The van der Waals surface area contributed by atoms with Crippen molar-refractivity contribution in [3.8, 4) is 0 Å². The van der Waals surface area contributed by atoms with Gasteiger partial charge in [-0.1, -0.05) is 60.7 Å². The molecule has 2 aromatic rings. The number of aliphatic hydroxyl groups excluding tert-OH is 1. The van der Waals surface area contributed by atoms with Crippen molar-refractivity contribution in [2.75, 3.05) is 13.2 Å². The molecule has 1 unspecified atom stereocenters. The van der Waals surface area contributed by atoms with Crippen LogP contribution < -0.4 is 5.32 Å². The molecule has 0 fully saturated rings. The van der Waals surface area contributed by atoms with Gasteiger partial charge in [0.05, 0.1) is 12.6 Å². The Morgan fingerprint density at radius 3 is 1.79 bits per heavy atom. The van der Waals surface area contributed by atoms with Crippen molar-refractivity contribution in [1.82, 2.24) is 5.32 Å². The molecule has 0 amide bonds. The summed E-state index contributed by atoms with van der Waals surface area (Å²) in [6.45, 7) is -0.325. The van der Waals surface area contributed by atoms with Crippen LogP contribution in [-0.4, -0.2) is 24.4 Å². The SMILES string of the molecule is OCC(F)CNC(c1ccccc1)c1ccccc1.